The highest BCUT2D eigenvalue weighted by atomic mass is 16.5. The quantitative estimate of drug-likeness (QED) is 0.459. The summed E-state index contributed by atoms with van der Waals surface area (Å²) in [5, 5.41) is 0. The maximum absolute atomic E-state index is 5.40. The number of nitrogens with one attached hydrogen (secondary N) is 1. The Kier molecular flexibility index (Phi) is 7.28. The van der Waals surface area contributed by atoms with E-state index in [4.69, 9.17) is 14.2 Å². The first kappa shape index (κ1) is 22.3. The summed E-state index contributed by atoms with van der Waals surface area (Å²) in [5.74, 6) is 9.62. The third kappa shape index (κ3) is 4.87. The fourth-order valence-corrected chi connectivity index (χ4v) is 3.89. The average molecular weight is 415 g/mol. The van der Waals surface area contributed by atoms with E-state index in [1.807, 2.05) is 36.4 Å². The molecule has 0 bridgehead atoms. The van der Waals surface area contributed by atoms with E-state index in [1.165, 1.54) is 4.90 Å². The Balaban J connectivity index is 2.29. The summed E-state index contributed by atoms with van der Waals surface area (Å²) < 4.78 is 16.2. The van der Waals surface area contributed by atoms with Gasteiger partial charge in [-0.3, -0.25) is 5.82 Å². The van der Waals surface area contributed by atoms with Gasteiger partial charge in [-0.1, -0.05) is 42.3 Å². The van der Waals surface area contributed by atoms with E-state index in [2.05, 4.69) is 62.2 Å². The van der Waals surface area contributed by atoms with E-state index in [1.54, 1.807) is 21.3 Å². The number of quaternary nitrogens is 1. The van der Waals surface area contributed by atoms with Crippen molar-refractivity contribution in [3.05, 3.63) is 72.8 Å². The minimum absolute atomic E-state index is 0.756. The minimum atomic E-state index is -1.55. The molecule has 0 saturated heterocycles. The molecule has 4 nitrogen and oxygen atoms in total. The molecule has 0 heterocycles. The highest BCUT2D eigenvalue weighted by molar-refractivity contribution is 7.16. The summed E-state index contributed by atoms with van der Waals surface area (Å²) in [6.07, 6.45) is -1.55. The molecule has 1 N–H and O–H groups in total. The molecule has 0 radical (unpaired) electrons. The summed E-state index contributed by atoms with van der Waals surface area (Å²) in [7, 11) is 9.26. The van der Waals surface area contributed by atoms with Crippen molar-refractivity contribution in [2.45, 2.75) is 0 Å². The highest BCUT2D eigenvalue weighted by Gasteiger charge is 2.28. The van der Waals surface area contributed by atoms with Crippen molar-refractivity contribution in [1.29, 1.82) is 0 Å². The molecule has 0 fully saturated rings. The Bertz CT molecular complexity index is 918. The maximum atomic E-state index is 5.40. The Morgan fingerprint density at radius 1 is 0.613 bits per heavy atom. The number of hydrogen-bond acceptors (Lipinski definition) is 3. The van der Waals surface area contributed by atoms with Crippen LogP contribution in [-0.4, -0.2) is 48.1 Å². The fraction of sp³-hybridized carbons (Fsp3) is 0.231. The van der Waals surface area contributed by atoms with E-state index >= 15 is 0 Å². The van der Waals surface area contributed by atoms with Gasteiger partial charge in [0.2, 0.25) is 0 Å². The molecule has 3 rings (SSSR count). The molecule has 0 aliphatic heterocycles. The van der Waals surface area contributed by atoms with Gasteiger partial charge in [-0.05, 0) is 36.4 Å². The van der Waals surface area contributed by atoms with Gasteiger partial charge >= 0.3 is 0 Å². The van der Waals surface area contributed by atoms with E-state index < -0.39 is 6.15 Å². The van der Waals surface area contributed by atoms with Crippen LogP contribution in [0.4, 0.5) is 0 Å². The summed E-state index contributed by atoms with van der Waals surface area (Å²) in [5.41, 5.74) is 3.41. The van der Waals surface area contributed by atoms with Crippen LogP contribution in [0.25, 0.3) is 0 Å². The Labute approximate surface area is 185 Å². The molecule has 0 aliphatic carbocycles. The third-order valence-electron chi connectivity index (χ3n) is 5.61. The topological polar surface area (TPSA) is 32.1 Å². The number of benzene rings is 3. The van der Waals surface area contributed by atoms with Gasteiger partial charge in [0, 0.05) is 0 Å². The predicted molar refractivity (Wildman–Crippen MR) is 129 cm³/mol. The van der Waals surface area contributed by atoms with Crippen molar-refractivity contribution in [2.75, 3.05) is 42.0 Å². The van der Waals surface area contributed by atoms with Crippen LogP contribution in [0, 0.1) is 11.7 Å². The predicted octanol–water partition coefficient (Wildman–Crippen LogP) is 0.870. The van der Waals surface area contributed by atoms with E-state index in [9.17, 15) is 0 Å². The monoisotopic (exact) mass is 415 g/mol. The molecule has 3 aromatic rings. The molecular formula is C26H30BNO3. The molecule has 0 aliphatic rings. The zero-order valence-corrected chi connectivity index (χ0v) is 18.9. The molecular weight excluding hydrogens is 385 g/mol. The lowest BCUT2D eigenvalue weighted by molar-refractivity contribution is -0.850. The summed E-state index contributed by atoms with van der Waals surface area (Å²) in [6.45, 7) is 0.756. The lowest BCUT2D eigenvalue weighted by Crippen LogP contribution is -3.05. The van der Waals surface area contributed by atoms with Gasteiger partial charge in [0.05, 0.1) is 35.4 Å². The molecule has 160 valence electrons. The van der Waals surface area contributed by atoms with E-state index in [0.717, 1.165) is 40.2 Å². The molecule has 0 aromatic heterocycles. The minimum Gasteiger partial charge on any atom is -0.497 e. The molecule has 0 atom stereocenters. The van der Waals surface area contributed by atoms with Crippen LogP contribution in [0.3, 0.4) is 0 Å². The standard InChI is InChI=1S/C26H29BNO3/c1-28(2)20-6-19-27(21-7-13-24(29-3)14-8-21,22-9-15-25(30-4)16-10-22)23-11-17-26(31-5)18-12-23/h7-18H,20H2,1-5H3/q-1/p+1. The van der Waals surface area contributed by atoms with Crippen LogP contribution in [0.2, 0.25) is 0 Å². The van der Waals surface area contributed by atoms with Crippen LogP contribution in [0.15, 0.2) is 72.8 Å². The molecule has 31 heavy (non-hydrogen) atoms. The van der Waals surface area contributed by atoms with Crippen molar-refractivity contribution >= 4 is 22.5 Å². The summed E-state index contributed by atoms with van der Waals surface area (Å²) >= 11 is 0. The molecule has 0 unspecified atom stereocenters. The van der Waals surface area contributed by atoms with Crippen LogP contribution >= 0.6 is 0 Å². The largest absolute Gasteiger partial charge is 0.497 e. The normalized spacial score (nSPS) is 10.9. The van der Waals surface area contributed by atoms with Crippen molar-refractivity contribution in [3.63, 3.8) is 0 Å². The molecule has 5 heteroatoms. The van der Waals surface area contributed by atoms with Gasteiger partial charge < -0.3 is 19.1 Å². The molecule has 0 spiro atoms. The number of ether oxygens (including phenoxy) is 3. The zero-order chi connectivity index (χ0) is 22.3. The smallest absolute Gasteiger partial charge is 0.149 e. The van der Waals surface area contributed by atoms with Gasteiger partial charge in [-0.2, -0.15) is 16.4 Å². The molecule has 3 aromatic carbocycles. The Hall–Kier alpha value is -3.36. The van der Waals surface area contributed by atoms with E-state index in [0.29, 0.717) is 0 Å². The van der Waals surface area contributed by atoms with Crippen molar-refractivity contribution < 1.29 is 19.1 Å². The number of rotatable bonds is 7. The van der Waals surface area contributed by atoms with Crippen LogP contribution in [0.1, 0.15) is 0 Å². The molecule has 0 amide bonds. The van der Waals surface area contributed by atoms with Gasteiger partial charge in [0.25, 0.3) is 0 Å². The third-order valence-corrected chi connectivity index (χ3v) is 5.61. The maximum Gasteiger partial charge on any atom is 0.149 e. The van der Waals surface area contributed by atoms with Gasteiger partial charge in [-0.15, -0.1) is 0 Å². The fourth-order valence-electron chi connectivity index (χ4n) is 3.89. The van der Waals surface area contributed by atoms with Crippen molar-refractivity contribution in [3.8, 4) is 29.0 Å². The van der Waals surface area contributed by atoms with Crippen LogP contribution < -0.4 is 35.5 Å². The van der Waals surface area contributed by atoms with Crippen molar-refractivity contribution in [2.24, 2.45) is 0 Å². The first-order chi connectivity index (χ1) is 15.0. The molecule has 0 saturated carbocycles. The first-order valence-corrected chi connectivity index (χ1v) is 10.4. The lowest BCUT2D eigenvalue weighted by atomic mass is 9.16. The van der Waals surface area contributed by atoms with Crippen molar-refractivity contribution in [1.82, 2.24) is 0 Å². The summed E-state index contributed by atoms with van der Waals surface area (Å²) in [4.78, 5) is 1.29. The highest BCUT2D eigenvalue weighted by Crippen LogP contribution is 2.16. The zero-order valence-electron chi connectivity index (χ0n) is 18.9. The summed E-state index contributed by atoms with van der Waals surface area (Å²) in [6, 6.07) is 24.7. The SMILES string of the molecule is COc1ccc([B-](C#CC[NH+](C)C)(c2ccc(OC)cc2)c2ccc(OC)cc2)cc1. The average Bonchev–Trinajstić information content (AvgIpc) is 2.82. The van der Waals surface area contributed by atoms with Gasteiger partial charge in [0.1, 0.15) is 29.9 Å². The number of hydrogen-bond donors (Lipinski definition) is 1. The van der Waals surface area contributed by atoms with Crippen LogP contribution in [0.5, 0.6) is 17.2 Å². The second kappa shape index (κ2) is 10.1. The Morgan fingerprint density at radius 2 is 0.935 bits per heavy atom. The lowest BCUT2D eigenvalue weighted by Gasteiger charge is -2.38. The second-order valence-corrected chi connectivity index (χ2v) is 7.89. The van der Waals surface area contributed by atoms with Gasteiger partial charge in [0.15, 0.2) is 0 Å². The number of methoxy groups -OCH3 is 3. The van der Waals surface area contributed by atoms with E-state index in [-0.39, 0.29) is 0 Å². The van der Waals surface area contributed by atoms with Gasteiger partial charge in [-0.25, -0.2) is 0 Å². The van der Waals surface area contributed by atoms with Crippen LogP contribution in [-0.2, 0) is 0 Å². The second-order valence-electron chi connectivity index (χ2n) is 7.89. The Morgan fingerprint density at radius 3 is 1.19 bits per heavy atom. The first-order valence-electron chi connectivity index (χ1n) is 10.4.